The zero-order valence-corrected chi connectivity index (χ0v) is 27.5. The standard InChI is InChI=1S/C31H40BrClN2O5Si/c1-30(10-11-30)28-31(25(20-6-5-7-22(33)14-20)16-27(38)34(28)17-23(37)18-36)24-9-8-21(32)15-26(24)35(29(31)39)19-40-12-13-41(2,3)4/h5-9,14-15,23,25,28,36-37H,10-13,16-19H2,1-4H3/t23?,25-,28+,31-/m0/s1. The van der Waals surface area contributed by atoms with Gasteiger partial charge < -0.3 is 19.8 Å². The first kappa shape index (κ1) is 30.7. The largest absolute Gasteiger partial charge is 0.394 e. The summed E-state index contributed by atoms with van der Waals surface area (Å²) in [5, 5.41) is 20.8. The zero-order valence-electron chi connectivity index (χ0n) is 24.2. The molecule has 2 heterocycles. The number of aliphatic hydroxyl groups excluding tert-OH is 2. The molecule has 1 spiro atoms. The number of fused-ring (bicyclic) bond motifs is 2. The number of carbonyl (C=O) groups is 2. The second-order valence-corrected chi connectivity index (χ2v) is 20.3. The van der Waals surface area contributed by atoms with Crippen molar-refractivity contribution in [3.63, 3.8) is 0 Å². The van der Waals surface area contributed by atoms with E-state index in [1.54, 1.807) is 15.9 Å². The van der Waals surface area contributed by atoms with Crippen LogP contribution in [0.1, 0.15) is 43.2 Å². The molecule has 2 aliphatic heterocycles. The van der Waals surface area contributed by atoms with E-state index >= 15 is 4.79 Å². The van der Waals surface area contributed by atoms with Crippen LogP contribution in [0.5, 0.6) is 0 Å². The van der Waals surface area contributed by atoms with Crippen LogP contribution in [-0.2, 0) is 19.7 Å². The van der Waals surface area contributed by atoms with Crippen molar-refractivity contribution in [2.45, 2.75) is 75.4 Å². The number of rotatable bonds is 10. The maximum absolute atomic E-state index is 15.2. The van der Waals surface area contributed by atoms with Crippen LogP contribution < -0.4 is 4.90 Å². The molecule has 10 heteroatoms. The topological polar surface area (TPSA) is 90.3 Å². The molecule has 2 N–H and O–H groups in total. The second kappa shape index (κ2) is 11.4. The number of piperidine rings is 1. The first-order valence-electron chi connectivity index (χ1n) is 14.4. The first-order chi connectivity index (χ1) is 19.3. The molecule has 1 saturated carbocycles. The number of halogens is 2. The lowest BCUT2D eigenvalue weighted by Gasteiger charge is -2.54. The van der Waals surface area contributed by atoms with Crippen molar-refractivity contribution < 1.29 is 24.5 Å². The monoisotopic (exact) mass is 662 g/mol. The van der Waals surface area contributed by atoms with Crippen LogP contribution in [0.25, 0.3) is 0 Å². The molecule has 5 rings (SSSR count). The van der Waals surface area contributed by atoms with Gasteiger partial charge in [0.1, 0.15) is 12.1 Å². The molecule has 2 aromatic rings. The summed E-state index contributed by atoms with van der Waals surface area (Å²) in [6.07, 6.45) is 0.681. The molecule has 2 fully saturated rings. The predicted octanol–water partition coefficient (Wildman–Crippen LogP) is 5.54. The fourth-order valence-corrected chi connectivity index (χ4v) is 8.12. The van der Waals surface area contributed by atoms with Gasteiger partial charge in [-0.25, -0.2) is 0 Å². The molecule has 1 aliphatic carbocycles. The number of nitrogens with zero attached hydrogens (tertiary/aromatic N) is 2. The SMILES string of the molecule is CC1([C@H]2N(CC(O)CO)C(=O)C[C@@H](c3cccc(Cl)c3)[C@]23C(=O)N(COCC[Si](C)(C)C)c2cc(Br)ccc23)CC1. The Kier molecular flexibility index (Phi) is 8.53. The number of ether oxygens (including phenoxy) is 1. The fourth-order valence-electron chi connectivity index (χ4n) is 6.82. The number of hydrogen-bond donors (Lipinski definition) is 2. The van der Waals surface area contributed by atoms with Gasteiger partial charge in [-0.05, 0) is 59.7 Å². The molecule has 2 aromatic carbocycles. The summed E-state index contributed by atoms with van der Waals surface area (Å²) in [4.78, 5) is 32.5. The first-order valence-corrected chi connectivity index (χ1v) is 19.2. The zero-order chi connectivity index (χ0) is 29.7. The molecule has 0 radical (unpaired) electrons. The van der Waals surface area contributed by atoms with Crippen molar-refractivity contribution in [1.82, 2.24) is 4.90 Å². The van der Waals surface area contributed by atoms with E-state index in [2.05, 4.69) is 42.5 Å². The van der Waals surface area contributed by atoms with Gasteiger partial charge in [0.05, 0.1) is 24.4 Å². The third kappa shape index (κ3) is 5.66. The Morgan fingerprint density at radius 3 is 2.54 bits per heavy atom. The summed E-state index contributed by atoms with van der Waals surface area (Å²) in [6, 6.07) is 13.9. The minimum atomic E-state index is -1.33. The number of β-amino-alcohol motifs (C(OH)–C–C–N with tert-alkyl or cyclic N) is 1. The molecular formula is C31H40BrClN2O5Si. The van der Waals surface area contributed by atoms with Crippen LogP contribution >= 0.6 is 27.5 Å². The summed E-state index contributed by atoms with van der Waals surface area (Å²) in [7, 11) is -1.33. The van der Waals surface area contributed by atoms with Gasteiger partial charge in [0.15, 0.2) is 0 Å². The summed E-state index contributed by atoms with van der Waals surface area (Å²) in [5.74, 6) is -0.710. The van der Waals surface area contributed by atoms with E-state index in [0.29, 0.717) is 11.6 Å². The van der Waals surface area contributed by atoms with Crippen LogP contribution in [0.2, 0.25) is 30.7 Å². The van der Waals surface area contributed by atoms with Gasteiger partial charge in [-0.2, -0.15) is 0 Å². The van der Waals surface area contributed by atoms with Crippen LogP contribution in [0.3, 0.4) is 0 Å². The maximum Gasteiger partial charge on any atom is 0.242 e. The lowest BCUT2D eigenvalue weighted by atomic mass is 9.56. The Morgan fingerprint density at radius 1 is 1.17 bits per heavy atom. The molecule has 41 heavy (non-hydrogen) atoms. The highest BCUT2D eigenvalue weighted by molar-refractivity contribution is 9.10. The van der Waals surface area contributed by atoms with Gasteiger partial charge in [-0.1, -0.05) is 72.3 Å². The van der Waals surface area contributed by atoms with E-state index < -0.39 is 38.2 Å². The number of aliphatic hydroxyl groups is 2. The molecule has 1 saturated heterocycles. The van der Waals surface area contributed by atoms with Crippen molar-refractivity contribution >= 4 is 53.1 Å². The summed E-state index contributed by atoms with van der Waals surface area (Å²) in [5.41, 5.74) is 1.01. The smallest absolute Gasteiger partial charge is 0.242 e. The molecule has 4 atom stereocenters. The van der Waals surface area contributed by atoms with Gasteiger partial charge in [-0.3, -0.25) is 14.5 Å². The average molecular weight is 664 g/mol. The van der Waals surface area contributed by atoms with Crippen molar-refractivity contribution in [1.29, 1.82) is 0 Å². The number of carbonyl (C=O) groups excluding carboxylic acids is 2. The molecule has 0 bridgehead atoms. The van der Waals surface area contributed by atoms with Crippen LogP contribution in [0, 0.1) is 5.41 Å². The van der Waals surface area contributed by atoms with Crippen LogP contribution in [0.4, 0.5) is 5.69 Å². The molecule has 222 valence electrons. The molecule has 7 nitrogen and oxygen atoms in total. The summed E-state index contributed by atoms with van der Waals surface area (Å²) in [6.45, 7) is 9.20. The van der Waals surface area contributed by atoms with E-state index in [-0.39, 0.29) is 36.9 Å². The summed E-state index contributed by atoms with van der Waals surface area (Å²) < 4.78 is 7.02. The molecular weight excluding hydrogens is 624 g/mol. The van der Waals surface area contributed by atoms with Gasteiger partial charge in [0.25, 0.3) is 0 Å². The molecule has 1 unspecified atom stereocenters. The quantitative estimate of drug-likeness (QED) is 0.258. The third-order valence-corrected chi connectivity index (χ3v) is 11.5. The van der Waals surface area contributed by atoms with Crippen molar-refractivity contribution in [2.24, 2.45) is 5.41 Å². The number of hydrogen-bond acceptors (Lipinski definition) is 5. The highest BCUT2D eigenvalue weighted by Gasteiger charge is 2.70. The predicted molar refractivity (Wildman–Crippen MR) is 167 cm³/mol. The van der Waals surface area contributed by atoms with Crippen LogP contribution in [-0.4, -0.2) is 73.6 Å². The molecule has 3 aliphatic rings. The Balaban J connectivity index is 1.70. The van der Waals surface area contributed by atoms with Gasteiger partial charge >= 0.3 is 0 Å². The second-order valence-electron chi connectivity index (χ2n) is 13.4. The van der Waals surface area contributed by atoms with Gasteiger partial charge in [0, 0.05) is 43.1 Å². The fraction of sp³-hybridized carbons (Fsp3) is 0.548. The van der Waals surface area contributed by atoms with Crippen LogP contribution in [0.15, 0.2) is 46.9 Å². The van der Waals surface area contributed by atoms with Crippen molar-refractivity contribution in [3.05, 3.63) is 63.1 Å². The number of anilines is 1. The normalized spacial score (nSPS) is 26.0. The Labute approximate surface area is 257 Å². The van der Waals surface area contributed by atoms with E-state index in [1.807, 2.05) is 36.4 Å². The lowest BCUT2D eigenvalue weighted by molar-refractivity contribution is -0.152. The summed E-state index contributed by atoms with van der Waals surface area (Å²) >= 11 is 10.1. The van der Waals surface area contributed by atoms with Crippen molar-refractivity contribution in [2.75, 3.05) is 31.4 Å². The maximum atomic E-state index is 15.2. The lowest BCUT2D eigenvalue weighted by Crippen LogP contribution is -2.67. The van der Waals surface area contributed by atoms with E-state index in [9.17, 15) is 15.0 Å². The highest BCUT2D eigenvalue weighted by atomic mass is 79.9. The Bertz CT molecular complexity index is 1330. The minimum absolute atomic E-state index is 0.0363. The van der Waals surface area contributed by atoms with Gasteiger partial charge in [-0.15, -0.1) is 0 Å². The van der Waals surface area contributed by atoms with E-state index in [1.165, 1.54) is 0 Å². The van der Waals surface area contributed by atoms with E-state index in [4.69, 9.17) is 16.3 Å². The minimum Gasteiger partial charge on any atom is -0.394 e. The number of benzene rings is 2. The number of amides is 2. The molecule has 0 aromatic heterocycles. The third-order valence-electron chi connectivity index (χ3n) is 9.07. The Hall–Kier alpha value is -1.75. The average Bonchev–Trinajstić information content (AvgIpc) is 3.61. The Morgan fingerprint density at radius 2 is 1.90 bits per heavy atom. The molecule has 2 amide bonds. The van der Waals surface area contributed by atoms with Gasteiger partial charge in [0.2, 0.25) is 11.8 Å². The van der Waals surface area contributed by atoms with E-state index in [0.717, 1.165) is 40.2 Å². The van der Waals surface area contributed by atoms with Crippen molar-refractivity contribution in [3.8, 4) is 0 Å². The number of likely N-dealkylation sites (tertiary alicyclic amines) is 1. The highest BCUT2D eigenvalue weighted by Crippen LogP contribution is 2.65.